The lowest BCUT2D eigenvalue weighted by Crippen LogP contribution is -2.24. The van der Waals surface area contributed by atoms with Crippen LogP contribution in [0, 0.1) is 0 Å². The molecular formula is C10H11ClN2O2. The number of nitrogens with one attached hydrogen (secondary N) is 2. The van der Waals surface area contributed by atoms with Crippen LogP contribution in [0.5, 0.6) is 0 Å². The Bertz CT molecular complexity index is 379. The zero-order valence-corrected chi connectivity index (χ0v) is 8.97. The maximum atomic E-state index is 11.0. The molecule has 0 aromatic heterocycles. The highest BCUT2D eigenvalue weighted by molar-refractivity contribution is 6.63. The van der Waals surface area contributed by atoms with Crippen molar-refractivity contribution in [1.29, 1.82) is 0 Å². The molecule has 2 amide bonds. The molecule has 0 saturated heterocycles. The van der Waals surface area contributed by atoms with Crippen LogP contribution in [0.15, 0.2) is 24.3 Å². The van der Waals surface area contributed by atoms with Gasteiger partial charge in [0.15, 0.2) is 0 Å². The smallest absolute Gasteiger partial charge is 0.318 e. The van der Waals surface area contributed by atoms with E-state index in [-0.39, 0.29) is 12.5 Å². The van der Waals surface area contributed by atoms with Gasteiger partial charge in [0.1, 0.15) is 0 Å². The van der Waals surface area contributed by atoms with Crippen molar-refractivity contribution in [2.45, 2.75) is 6.42 Å². The summed E-state index contributed by atoms with van der Waals surface area (Å²) in [7, 11) is 1.53. The lowest BCUT2D eigenvalue weighted by molar-refractivity contribution is -0.111. The molecule has 0 aliphatic carbocycles. The van der Waals surface area contributed by atoms with Crippen LogP contribution in [0.1, 0.15) is 5.56 Å². The lowest BCUT2D eigenvalue weighted by atomic mass is 10.1. The number of urea groups is 1. The quantitative estimate of drug-likeness (QED) is 0.772. The van der Waals surface area contributed by atoms with Crippen LogP contribution in [-0.2, 0) is 11.2 Å². The second-order valence-electron chi connectivity index (χ2n) is 2.94. The fourth-order valence-electron chi connectivity index (χ4n) is 1.11. The third-order valence-corrected chi connectivity index (χ3v) is 1.89. The largest absolute Gasteiger partial charge is 0.341 e. The zero-order valence-electron chi connectivity index (χ0n) is 8.21. The Morgan fingerprint density at radius 1 is 1.40 bits per heavy atom. The average molecular weight is 227 g/mol. The van der Waals surface area contributed by atoms with Gasteiger partial charge in [0.25, 0.3) is 0 Å². The van der Waals surface area contributed by atoms with Gasteiger partial charge in [0, 0.05) is 19.2 Å². The summed E-state index contributed by atoms with van der Waals surface area (Å²) in [6.45, 7) is 0. The highest BCUT2D eigenvalue weighted by atomic mass is 35.5. The number of rotatable bonds is 3. The molecular weight excluding hydrogens is 216 g/mol. The number of hydrogen-bond donors (Lipinski definition) is 2. The van der Waals surface area contributed by atoms with E-state index in [0.717, 1.165) is 5.56 Å². The van der Waals surface area contributed by atoms with Crippen molar-refractivity contribution >= 4 is 28.6 Å². The SMILES string of the molecule is CNC(=O)Nc1cccc(CC(=O)Cl)c1. The maximum absolute atomic E-state index is 11.0. The molecule has 0 spiro atoms. The Balaban J connectivity index is 2.74. The number of carbonyl (C=O) groups excluding carboxylic acids is 2. The first-order chi connectivity index (χ1) is 7.11. The normalized spacial score (nSPS) is 9.47. The highest BCUT2D eigenvalue weighted by Gasteiger charge is 2.02. The number of anilines is 1. The molecule has 80 valence electrons. The minimum Gasteiger partial charge on any atom is -0.341 e. The molecule has 0 unspecified atom stereocenters. The molecule has 1 aromatic rings. The van der Waals surface area contributed by atoms with Gasteiger partial charge in [-0.05, 0) is 29.3 Å². The van der Waals surface area contributed by atoms with Crippen LogP contribution in [0.3, 0.4) is 0 Å². The van der Waals surface area contributed by atoms with Crippen LogP contribution in [0.4, 0.5) is 10.5 Å². The summed E-state index contributed by atoms with van der Waals surface area (Å²) < 4.78 is 0. The third-order valence-electron chi connectivity index (χ3n) is 1.76. The molecule has 0 fully saturated rings. The number of halogens is 1. The van der Waals surface area contributed by atoms with Gasteiger partial charge in [0.05, 0.1) is 0 Å². The van der Waals surface area contributed by atoms with E-state index >= 15 is 0 Å². The topological polar surface area (TPSA) is 58.2 Å². The van der Waals surface area contributed by atoms with E-state index in [9.17, 15) is 9.59 Å². The van der Waals surface area contributed by atoms with E-state index in [2.05, 4.69) is 10.6 Å². The molecule has 2 N–H and O–H groups in total. The second kappa shape index (κ2) is 5.36. The van der Waals surface area contributed by atoms with Gasteiger partial charge in [-0.3, -0.25) is 4.79 Å². The Morgan fingerprint density at radius 2 is 2.13 bits per heavy atom. The highest BCUT2D eigenvalue weighted by Crippen LogP contribution is 2.11. The van der Waals surface area contributed by atoms with Crippen molar-refractivity contribution in [1.82, 2.24) is 5.32 Å². The number of carbonyl (C=O) groups is 2. The molecule has 1 aromatic carbocycles. The fourth-order valence-corrected chi connectivity index (χ4v) is 1.27. The Morgan fingerprint density at radius 3 is 2.73 bits per heavy atom. The summed E-state index contributed by atoms with van der Waals surface area (Å²) in [4.78, 5) is 21.7. The minimum atomic E-state index is -0.424. The maximum Gasteiger partial charge on any atom is 0.318 e. The Hall–Kier alpha value is -1.55. The van der Waals surface area contributed by atoms with Crippen molar-refractivity contribution in [3.63, 3.8) is 0 Å². The van der Waals surface area contributed by atoms with Crippen LogP contribution in [0.25, 0.3) is 0 Å². The van der Waals surface area contributed by atoms with Gasteiger partial charge < -0.3 is 10.6 Å². The van der Waals surface area contributed by atoms with Crippen molar-refractivity contribution in [2.75, 3.05) is 12.4 Å². The van der Waals surface area contributed by atoms with Gasteiger partial charge >= 0.3 is 6.03 Å². The Kier molecular flexibility index (Phi) is 4.12. The molecule has 1 rings (SSSR count). The molecule has 4 nitrogen and oxygen atoms in total. The van der Waals surface area contributed by atoms with Crippen LogP contribution in [-0.4, -0.2) is 18.3 Å². The number of benzene rings is 1. The summed E-state index contributed by atoms with van der Waals surface area (Å²) in [5.74, 6) is 0. The average Bonchev–Trinajstić information content (AvgIpc) is 2.17. The van der Waals surface area contributed by atoms with E-state index in [0.29, 0.717) is 5.69 Å². The first-order valence-corrected chi connectivity index (χ1v) is 4.75. The van der Waals surface area contributed by atoms with Gasteiger partial charge in [-0.1, -0.05) is 12.1 Å². The van der Waals surface area contributed by atoms with Gasteiger partial charge in [-0.15, -0.1) is 0 Å². The van der Waals surface area contributed by atoms with E-state index in [1.807, 2.05) is 0 Å². The standard InChI is InChI=1S/C10H11ClN2O2/c1-12-10(15)13-8-4-2-3-7(5-8)6-9(11)14/h2-5H,6H2,1H3,(H2,12,13,15). The van der Waals surface area contributed by atoms with E-state index < -0.39 is 5.24 Å². The molecule has 0 bridgehead atoms. The molecule has 15 heavy (non-hydrogen) atoms. The van der Waals surface area contributed by atoms with Crippen molar-refractivity contribution < 1.29 is 9.59 Å². The zero-order chi connectivity index (χ0) is 11.3. The summed E-state index contributed by atoms with van der Waals surface area (Å²) in [5, 5.41) is 4.61. The van der Waals surface area contributed by atoms with Crippen molar-refractivity contribution in [3.05, 3.63) is 29.8 Å². The molecule has 5 heteroatoms. The van der Waals surface area contributed by atoms with Crippen LogP contribution < -0.4 is 10.6 Å². The number of hydrogen-bond acceptors (Lipinski definition) is 2. The first kappa shape index (κ1) is 11.5. The monoisotopic (exact) mass is 226 g/mol. The van der Waals surface area contributed by atoms with Crippen LogP contribution >= 0.6 is 11.6 Å². The molecule has 0 aliphatic heterocycles. The summed E-state index contributed by atoms with van der Waals surface area (Å²) in [6, 6.07) is 6.66. The van der Waals surface area contributed by atoms with E-state index in [1.165, 1.54) is 7.05 Å². The summed E-state index contributed by atoms with van der Waals surface area (Å²) >= 11 is 5.26. The molecule has 0 heterocycles. The predicted molar refractivity (Wildman–Crippen MR) is 59.1 cm³/mol. The van der Waals surface area contributed by atoms with Crippen molar-refractivity contribution in [3.8, 4) is 0 Å². The molecule has 0 aliphatic rings. The minimum absolute atomic E-state index is 0.158. The van der Waals surface area contributed by atoms with E-state index in [1.54, 1.807) is 24.3 Å². The second-order valence-corrected chi connectivity index (χ2v) is 3.36. The predicted octanol–water partition coefficient (Wildman–Crippen LogP) is 1.75. The lowest BCUT2D eigenvalue weighted by Gasteiger charge is -2.05. The van der Waals surface area contributed by atoms with Gasteiger partial charge in [0.2, 0.25) is 5.24 Å². The fraction of sp³-hybridized carbons (Fsp3) is 0.200. The van der Waals surface area contributed by atoms with E-state index in [4.69, 9.17) is 11.6 Å². The molecule has 0 atom stereocenters. The third kappa shape index (κ3) is 3.99. The summed E-state index contributed by atoms with van der Waals surface area (Å²) in [6.07, 6.45) is 0.158. The Labute approximate surface area is 92.6 Å². The van der Waals surface area contributed by atoms with Crippen molar-refractivity contribution in [2.24, 2.45) is 0 Å². The van der Waals surface area contributed by atoms with Gasteiger partial charge in [-0.25, -0.2) is 4.79 Å². The van der Waals surface area contributed by atoms with Gasteiger partial charge in [-0.2, -0.15) is 0 Å². The number of amides is 2. The summed E-state index contributed by atoms with van der Waals surface area (Å²) in [5.41, 5.74) is 1.40. The molecule has 0 radical (unpaired) electrons. The van der Waals surface area contributed by atoms with Crippen LogP contribution in [0.2, 0.25) is 0 Å². The molecule has 0 saturated carbocycles. The first-order valence-electron chi connectivity index (χ1n) is 4.38.